The molecule has 36 heavy (non-hydrogen) atoms. The summed E-state index contributed by atoms with van der Waals surface area (Å²) in [6, 6.07) is 9.84. The van der Waals surface area contributed by atoms with Crippen molar-refractivity contribution in [2.24, 2.45) is 10.2 Å². The van der Waals surface area contributed by atoms with Crippen LogP contribution in [0.4, 0.5) is 5.82 Å². The molecular formula is C25H30N10O. The number of dihydropyridines is 1. The number of azide groups is 2. The maximum atomic E-state index is 8.97. The molecule has 0 spiro atoms. The van der Waals surface area contributed by atoms with Gasteiger partial charge in [-0.05, 0) is 48.4 Å². The van der Waals surface area contributed by atoms with Crippen molar-refractivity contribution in [3.8, 4) is 5.75 Å². The molecule has 11 nitrogen and oxygen atoms in total. The lowest BCUT2D eigenvalue weighted by atomic mass is 9.96. The summed E-state index contributed by atoms with van der Waals surface area (Å²) in [4.78, 5) is 14.5. The highest BCUT2D eigenvalue weighted by Crippen LogP contribution is 2.31. The monoisotopic (exact) mass is 486 g/mol. The van der Waals surface area contributed by atoms with E-state index in [9.17, 15) is 0 Å². The number of allylic oxidation sites excluding steroid dienone is 2. The third-order valence-corrected chi connectivity index (χ3v) is 6.36. The van der Waals surface area contributed by atoms with Crippen LogP contribution in [0, 0.1) is 0 Å². The molecule has 2 N–H and O–H groups in total. The number of nitrogens with one attached hydrogen (secondary N) is 2. The average Bonchev–Trinajstić information content (AvgIpc) is 2.93. The first kappa shape index (κ1) is 24.9. The molecule has 2 heterocycles. The second kappa shape index (κ2) is 13.0. The van der Waals surface area contributed by atoms with Crippen molar-refractivity contribution in [1.29, 1.82) is 0 Å². The van der Waals surface area contributed by atoms with E-state index in [-0.39, 0.29) is 18.1 Å². The maximum absolute atomic E-state index is 8.97. The van der Waals surface area contributed by atoms with Gasteiger partial charge in [0.1, 0.15) is 17.9 Å². The fourth-order valence-corrected chi connectivity index (χ4v) is 4.45. The SMILES string of the molecule is [N-]=[N+]=NCC1C=CC(c2cc(NCC(CN=[N+]=[N-])c3ccccc3OC3CCCCC3)ncn2)=CN1. The third kappa shape index (κ3) is 6.91. The van der Waals surface area contributed by atoms with E-state index in [2.05, 4.69) is 40.7 Å². The van der Waals surface area contributed by atoms with E-state index in [0.717, 1.165) is 35.4 Å². The van der Waals surface area contributed by atoms with Crippen molar-refractivity contribution in [3.05, 3.63) is 87.2 Å². The second-order valence-corrected chi connectivity index (χ2v) is 8.84. The Kier molecular flexibility index (Phi) is 9.02. The third-order valence-electron chi connectivity index (χ3n) is 6.36. The van der Waals surface area contributed by atoms with Crippen molar-refractivity contribution >= 4 is 11.4 Å². The summed E-state index contributed by atoms with van der Waals surface area (Å²) in [5, 5.41) is 14.0. The number of aromatic nitrogens is 2. The predicted octanol–water partition coefficient (Wildman–Crippen LogP) is 5.87. The lowest BCUT2D eigenvalue weighted by Crippen LogP contribution is -2.27. The largest absolute Gasteiger partial charge is 0.490 e. The number of hydrogen-bond donors (Lipinski definition) is 2. The van der Waals surface area contributed by atoms with Crippen molar-refractivity contribution in [2.45, 2.75) is 50.2 Å². The van der Waals surface area contributed by atoms with Crippen molar-refractivity contribution in [2.75, 3.05) is 25.0 Å². The van der Waals surface area contributed by atoms with Gasteiger partial charge in [0.15, 0.2) is 0 Å². The Morgan fingerprint density at radius 1 is 1.11 bits per heavy atom. The first-order chi connectivity index (χ1) is 17.8. The first-order valence-electron chi connectivity index (χ1n) is 12.2. The molecule has 2 unspecified atom stereocenters. The van der Waals surface area contributed by atoms with E-state index >= 15 is 0 Å². The number of ether oxygens (including phenoxy) is 1. The van der Waals surface area contributed by atoms with Gasteiger partial charge in [-0.15, -0.1) is 0 Å². The van der Waals surface area contributed by atoms with Gasteiger partial charge in [-0.3, -0.25) is 0 Å². The molecule has 186 valence electrons. The standard InChI is InChI=1S/C25H30N10O/c26-34-32-15-19(22-8-4-5-9-24(22)36-21-6-2-1-3-7-21)14-29-25-12-23(30-17-31-25)18-10-11-20(28-13-18)16-33-35-27/h4-5,8-13,17,19-21,28H,1-3,6-7,14-16H2,(H,29,30,31). The van der Waals surface area contributed by atoms with E-state index in [1.54, 1.807) is 0 Å². The van der Waals surface area contributed by atoms with Crippen LogP contribution >= 0.6 is 0 Å². The second-order valence-electron chi connectivity index (χ2n) is 8.84. The summed E-state index contributed by atoms with van der Waals surface area (Å²) >= 11 is 0. The van der Waals surface area contributed by atoms with Gasteiger partial charge in [-0.1, -0.05) is 47.0 Å². The van der Waals surface area contributed by atoms with Crippen molar-refractivity contribution < 1.29 is 4.74 Å². The topological polar surface area (TPSA) is 157 Å². The molecule has 1 fully saturated rings. The molecule has 0 bridgehead atoms. The maximum Gasteiger partial charge on any atom is 0.129 e. The zero-order valence-electron chi connectivity index (χ0n) is 20.1. The van der Waals surface area contributed by atoms with Crippen molar-refractivity contribution in [3.63, 3.8) is 0 Å². The van der Waals surface area contributed by atoms with E-state index in [4.69, 9.17) is 15.8 Å². The minimum atomic E-state index is -0.0870. The molecule has 11 heteroatoms. The fourth-order valence-electron chi connectivity index (χ4n) is 4.45. The van der Waals surface area contributed by atoms with Gasteiger partial charge in [-0.25, -0.2) is 9.97 Å². The Labute approximate surface area is 209 Å². The van der Waals surface area contributed by atoms with Gasteiger partial charge in [-0.2, -0.15) is 0 Å². The average molecular weight is 487 g/mol. The summed E-state index contributed by atoms with van der Waals surface area (Å²) in [7, 11) is 0. The highest BCUT2D eigenvalue weighted by Gasteiger charge is 2.20. The summed E-state index contributed by atoms with van der Waals surface area (Å²) in [5.41, 5.74) is 20.1. The molecule has 0 saturated heterocycles. The molecular weight excluding hydrogens is 456 g/mol. The Hall–Kier alpha value is -4.20. The zero-order valence-corrected chi connectivity index (χ0v) is 20.1. The molecule has 1 aliphatic carbocycles. The smallest absolute Gasteiger partial charge is 0.129 e. The van der Waals surface area contributed by atoms with Crippen molar-refractivity contribution in [1.82, 2.24) is 15.3 Å². The van der Waals surface area contributed by atoms with Crippen LogP contribution in [0.15, 0.2) is 65.2 Å². The Morgan fingerprint density at radius 3 is 2.72 bits per heavy atom. The molecule has 1 saturated carbocycles. The van der Waals surface area contributed by atoms with Gasteiger partial charge < -0.3 is 15.4 Å². The van der Waals surface area contributed by atoms with Gasteiger partial charge in [0.25, 0.3) is 0 Å². The quantitative estimate of drug-likeness (QED) is 0.230. The van der Waals surface area contributed by atoms with Crippen LogP contribution in [0.25, 0.3) is 26.5 Å². The van der Waals surface area contributed by atoms with Crippen LogP contribution in [0.3, 0.4) is 0 Å². The number of benzene rings is 1. The summed E-state index contributed by atoms with van der Waals surface area (Å²) in [6.45, 7) is 1.16. The van der Waals surface area contributed by atoms with Crippen LogP contribution in [-0.2, 0) is 0 Å². The Balaban J connectivity index is 1.45. The summed E-state index contributed by atoms with van der Waals surface area (Å²) < 4.78 is 6.39. The van der Waals surface area contributed by atoms with E-state index in [0.29, 0.717) is 25.5 Å². The van der Waals surface area contributed by atoms with E-state index in [1.165, 1.54) is 25.6 Å². The molecule has 2 aromatic rings. The van der Waals surface area contributed by atoms with Gasteiger partial charge >= 0.3 is 0 Å². The van der Waals surface area contributed by atoms with Gasteiger partial charge in [0.05, 0.1) is 11.8 Å². The fraction of sp³-hybridized carbons (Fsp3) is 0.440. The minimum absolute atomic E-state index is 0.0403. The Morgan fingerprint density at radius 2 is 1.94 bits per heavy atom. The molecule has 1 aliphatic heterocycles. The van der Waals surface area contributed by atoms with Gasteiger partial charge in [0.2, 0.25) is 0 Å². The number of hydrogen-bond acceptors (Lipinski definition) is 7. The first-order valence-corrected chi connectivity index (χ1v) is 12.2. The van der Waals surface area contributed by atoms with Crippen LogP contribution in [0.1, 0.15) is 49.3 Å². The van der Waals surface area contributed by atoms with Crippen LogP contribution in [0.5, 0.6) is 5.75 Å². The van der Waals surface area contributed by atoms with Gasteiger partial charge in [0, 0.05) is 59.3 Å². The number of nitrogens with zero attached hydrogens (tertiary/aromatic N) is 8. The number of rotatable bonds is 11. The zero-order chi connectivity index (χ0) is 25.0. The van der Waals surface area contributed by atoms with Crippen LogP contribution in [-0.4, -0.2) is 41.7 Å². The summed E-state index contributed by atoms with van der Waals surface area (Å²) in [5.74, 6) is 1.43. The Bertz CT molecular complexity index is 1180. The van der Waals surface area contributed by atoms with E-state index in [1.807, 2.05) is 48.7 Å². The molecule has 1 aromatic carbocycles. The normalized spacial score (nSPS) is 18.1. The molecule has 0 amide bonds. The molecule has 0 radical (unpaired) electrons. The lowest BCUT2D eigenvalue weighted by molar-refractivity contribution is 0.153. The highest BCUT2D eigenvalue weighted by molar-refractivity contribution is 5.73. The minimum Gasteiger partial charge on any atom is -0.490 e. The predicted molar refractivity (Wildman–Crippen MR) is 139 cm³/mol. The molecule has 1 aromatic heterocycles. The molecule has 4 rings (SSSR count). The highest BCUT2D eigenvalue weighted by atomic mass is 16.5. The molecule has 2 aliphatic rings. The number of anilines is 1. The van der Waals surface area contributed by atoms with Crippen LogP contribution < -0.4 is 15.4 Å². The van der Waals surface area contributed by atoms with E-state index < -0.39 is 0 Å². The number of para-hydroxylation sites is 1. The lowest BCUT2D eigenvalue weighted by Gasteiger charge is -2.26. The molecule has 2 atom stereocenters. The summed E-state index contributed by atoms with van der Waals surface area (Å²) in [6.07, 6.45) is 13.3. The van der Waals surface area contributed by atoms with Crippen LogP contribution in [0.2, 0.25) is 0 Å².